The van der Waals surface area contributed by atoms with E-state index in [4.69, 9.17) is 5.11 Å². The molecule has 0 aliphatic carbocycles. The average Bonchev–Trinajstić information content (AvgIpc) is 2.90. The molecule has 1 atom stereocenters. The van der Waals surface area contributed by atoms with Crippen molar-refractivity contribution >= 4 is 26.8 Å². The molecule has 3 rings (SSSR count). The van der Waals surface area contributed by atoms with E-state index < -0.39 is 26.7 Å². The third-order valence-electron chi connectivity index (χ3n) is 3.89. The molecule has 2 N–H and O–H groups in total. The highest BCUT2D eigenvalue weighted by atomic mass is 32.2. The van der Waals surface area contributed by atoms with Crippen molar-refractivity contribution in [1.82, 2.24) is 9.55 Å². The second kappa shape index (κ2) is 4.73. The number of hydrogen-bond donors (Lipinski definition) is 2. The number of benzene rings is 1. The lowest BCUT2D eigenvalue weighted by Crippen LogP contribution is -2.27. The number of carboxylic acid groups (broad SMARTS) is 1. The molecule has 1 aliphatic rings. The molecular weight excluding hydrogens is 296 g/mol. The van der Waals surface area contributed by atoms with Crippen LogP contribution in [0, 0.1) is 0 Å². The Kier molecular flexibility index (Phi) is 3.12. The number of rotatable bonds is 3. The van der Waals surface area contributed by atoms with Crippen molar-refractivity contribution in [2.75, 3.05) is 5.75 Å². The fourth-order valence-corrected chi connectivity index (χ4v) is 4.61. The third-order valence-corrected chi connectivity index (χ3v) is 6.15. The number of para-hydroxylation sites is 1. The number of imidazole rings is 1. The minimum absolute atomic E-state index is 0.00220. The van der Waals surface area contributed by atoms with Gasteiger partial charge in [-0.25, -0.2) is 18.0 Å². The maximum atomic E-state index is 12.0. The van der Waals surface area contributed by atoms with Crippen LogP contribution in [0.25, 0.3) is 11.0 Å². The van der Waals surface area contributed by atoms with Crippen LogP contribution in [-0.4, -0.2) is 40.0 Å². The number of aromatic carboxylic acids is 1. The van der Waals surface area contributed by atoms with Gasteiger partial charge in [0.1, 0.15) is 0 Å². The van der Waals surface area contributed by atoms with E-state index in [1.807, 2.05) is 0 Å². The van der Waals surface area contributed by atoms with E-state index >= 15 is 0 Å². The topological polar surface area (TPSA) is 109 Å². The van der Waals surface area contributed by atoms with Crippen LogP contribution in [0.4, 0.5) is 0 Å². The zero-order valence-corrected chi connectivity index (χ0v) is 11.9. The largest absolute Gasteiger partial charge is 0.478 e. The molecule has 21 heavy (non-hydrogen) atoms. The summed E-state index contributed by atoms with van der Waals surface area (Å²) in [4.78, 5) is 25.7. The molecule has 1 aromatic heterocycles. The fraction of sp³-hybridized carbons (Fsp3) is 0.385. The molecule has 2 aromatic rings. The minimum Gasteiger partial charge on any atom is -0.478 e. The number of fused-ring (bicyclic) bond motifs is 1. The Labute approximate surface area is 120 Å². The van der Waals surface area contributed by atoms with Gasteiger partial charge in [0.15, 0.2) is 9.84 Å². The Morgan fingerprint density at radius 3 is 2.81 bits per heavy atom. The smallest absolute Gasteiger partial charge is 0.337 e. The van der Waals surface area contributed by atoms with Crippen molar-refractivity contribution in [2.45, 2.75) is 24.6 Å². The van der Waals surface area contributed by atoms with Crippen LogP contribution in [0.2, 0.25) is 0 Å². The molecule has 2 heterocycles. The van der Waals surface area contributed by atoms with Crippen molar-refractivity contribution in [3.8, 4) is 0 Å². The average molecular weight is 310 g/mol. The highest BCUT2D eigenvalue weighted by Gasteiger charge is 2.32. The van der Waals surface area contributed by atoms with Crippen molar-refractivity contribution in [1.29, 1.82) is 0 Å². The van der Waals surface area contributed by atoms with E-state index in [-0.39, 0.29) is 23.4 Å². The summed E-state index contributed by atoms with van der Waals surface area (Å²) in [5.41, 5.74) is 0.158. The molecule has 1 aliphatic heterocycles. The molecule has 1 unspecified atom stereocenters. The molecule has 1 fully saturated rings. The zero-order chi connectivity index (χ0) is 15.2. The first-order valence-electron chi connectivity index (χ1n) is 6.56. The van der Waals surface area contributed by atoms with Gasteiger partial charge in [0, 0.05) is 6.54 Å². The number of aromatic amines is 1. The summed E-state index contributed by atoms with van der Waals surface area (Å²) in [5.74, 6) is -0.989. The van der Waals surface area contributed by atoms with E-state index in [1.54, 1.807) is 12.1 Å². The quantitative estimate of drug-likeness (QED) is 0.863. The molecule has 0 amide bonds. The maximum Gasteiger partial charge on any atom is 0.337 e. The lowest BCUT2D eigenvalue weighted by Gasteiger charge is -2.10. The molecule has 8 heteroatoms. The number of hydrogen-bond acceptors (Lipinski definition) is 4. The Hall–Kier alpha value is -2.09. The summed E-state index contributed by atoms with van der Waals surface area (Å²) < 4.78 is 25.1. The van der Waals surface area contributed by atoms with Gasteiger partial charge in [-0.05, 0) is 25.0 Å². The number of nitrogens with zero attached hydrogens (tertiary/aromatic N) is 1. The van der Waals surface area contributed by atoms with Crippen LogP contribution in [0.15, 0.2) is 23.0 Å². The van der Waals surface area contributed by atoms with Crippen molar-refractivity contribution < 1.29 is 18.3 Å². The molecule has 0 bridgehead atoms. The van der Waals surface area contributed by atoms with Gasteiger partial charge in [-0.3, -0.25) is 4.57 Å². The van der Waals surface area contributed by atoms with E-state index in [2.05, 4.69) is 4.98 Å². The van der Waals surface area contributed by atoms with Gasteiger partial charge in [0.2, 0.25) is 0 Å². The highest BCUT2D eigenvalue weighted by Crippen LogP contribution is 2.23. The van der Waals surface area contributed by atoms with Crippen LogP contribution in [-0.2, 0) is 16.4 Å². The zero-order valence-electron chi connectivity index (χ0n) is 11.1. The van der Waals surface area contributed by atoms with E-state index in [0.29, 0.717) is 18.4 Å². The second-order valence-corrected chi connectivity index (χ2v) is 7.58. The molecular formula is C13H14N2O5S. The standard InChI is InChI=1S/C13H14N2O5S/c16-12(17)9-4-1-5-10-11(9)14-13(18)15(10)7-8-3-2-6-21(8,19)20/h1,4-5,8H,2-3,6-7H2,(H,14,18)(H,16,17). The number of carboxylic acids is 1. The van der Waals surface area contributed by atoms with Crippen LogP contribution >= 0.6 is 0 Å². The van der Waals surface area contributed by atoms with Gasteiger partial charge < -0.3 is 10.1 Å². The van der Waals surface area contributed by atoms with Gasteiger partial charge in [-0.1, -0.05) is 6.07 Å². The number of aromatic nitrogens is 2. The van der Waals surface area contributed by atoms with Crippen LogP contribution in [0.1, 0.15) is 23.2 Å². The first-order chi connectivity index (χ1) is 9.90. The van der Waals surface area contributed by atoms with Crippen LogP contribution in [0.3, 0.4) is 0 Å². The number of sulfone groups is 1. The van der Waals surface area contributed by atoms with E-state index in [0.717, 1.165) is 0 Å². The van der Waals surface area contributed by atoms with Gasteiger partial charge in [0.05, 0.1) is 27.6 Å². The van der Waals surface area contributed by atoms with Gasteiger partial charge in [-0.2, -0.15) is 0 Å². The van der Waals surface area contributed by atoms with Crippen molar-refractivity contribution in [2.24, 2.45) is 0 Å². The molecule has 0 saturated carbocycles. The number of carbonyl (C=O) groups is 1. The first-order valence-corrected chi connectivity index (χ1v) is 8.28. The van der Waals surface area contributed by atoms with Crippen LogP contribution < -0.4 is 5.69 Å². The molecule has 0 radical (unpaired) electrons. The van der Waals surface area contributed by atoms with Crippen molar-refractivity contribution in [3.63, 3.8) is 0 Å². The number of nitrogens with one attached hydrogen (secondary N) is 1. The fourth-order valence-electron chi connectivity index (χ4n) is 2.81. The summed E-state index contributed by atoms with van der Waals surface area (Å²) in [7, 11) is -3.16. The Morgan fingerprint density at radius 1 is 1.43 bits per heavy atom. The maximum absolute atomic E-state index is 12.0. The van der Waals surface area contributed by atoms with Crippen molar-refractivity contribution in [3.05, 3.63) is 34.2 Å². The van der Waals surface area contributed by atoms with Gasteiger partial charge in [0.25, 0.3) is 0 Å². The normalized spacial score (nSPS) is 20.9. The summed E-state index contributed by atoms with van der Waals surface area (Å²) in [5, 5.41) is 8.54. The van der Waals surface area contributed by atoms with Gasteiger partial charge >= 0.3 is 11.7 Å². The monoisotopic (exact) mass is 310 g/mol. The summed E-state index contributed by atoms with van der Waals surface area (Å²) in [6, 6.07) is 4.55. The molecule has 7 nitrogen and oxygen atoms in total. The summed E-state index contributed by atoms with van der Waals surface area (Å²) in [6.07, 6.45) is 1.13. The third kappa shape index (κ3) is 2.25. The predicted octanol–water partition coefficient (Wildman–Crippen LogP) is 0.605. The Bertz CT molecular complexity index is 878. The first kappa shape index (κ1) is 13.9. The SMILES string of the molecule is O=C(O)c1cccc2c1[nH]c(=O)n2CC1CCCS1(=O)=O. The summed E-state index contributed by atoms with van der Waals surface area (Å²) >= 11 is 0. The Balaban J connectivity index is 2.12. The van der Waals surface area contributed by atoms with E-state index in [9.17, 15) is 18.0 Å². The van der Waals surface area contributed by atoms with Gasteiger partial charge in [-0.15, -0.1) is 0 Å². The van der Waals surface area contributed by atoms with Crippen LogP contribution in [0.5, 0.6) is 0 Å². The minimum atomic E-state index is -3.16. The second-order valence-electron chi connectivity index (χ2n) is 5.18. The summed E-state index contributed by atoms with van der Waals surface area (Å²) in [6.45, 7) is 0.0598. The predicted molar refractivity (Wildman–Crippen MR) is 76.3 cm³/mol. The lowest BCUT2D eigenvalue weighted by atomic mass is 10.2. The Morgan fingerprint density at radius 2 is 2.19 bits per heavy atom. The number of H-pyrrole nitrogens is 1. The molecule has 112 valence electrons. The molecule has 1 aromatic carbocycles. The molecule has 0 spiro atoms. The lowest BCUT2D eigenvalue weighted by molar-refractivity contribution is 0.0699. The van der Waals surface area contributed by atoms with E-state index in [1.165, 1.54) is 10.6 Å². The highest BCUT2D eigenvalue weighted by molar-refractivity contribution is 7.92. The molecule has 1 saturated heterocycles.